The molecule has 1 aliphatic heterocycles. The van der Waals surface area contributed by atoms with Crippen molar-refractivity contribution in [2.24, 2.45) is 0 Å². The summed E-state index contributed by atoms with van der Waals surface area (Å²) in [5.74, 6) is -0.555. The molecule has 0 atom stereocenters. The van der Waals surface area contributed by atoms with Crippen molar-refractivity contribution < 1.29 is 4.79 Å². The number of rotatable bonds is 5. The standard InChI is InChI=1S/C21H23ClN6O/c1-27-8-10-28(11-9-27)18-5-3-17(4-6-18)25-14-15(13-23)21(29)26-20-7-2-16(24)12-19(20)22/h2-7,12,14,25H,8-11,24H2,1H3,(H,26,29)/b15-14-. The SMILES string of the molecule is CN1CCN(c2ccc(N/C=C(/C#N)C(=O)Nc3ccc(N)cc3Cl)cc2)CC1. The number of nitriles is 1. The molecule has 2 aromatic carbocycles. The van der Waals surface area contributed by atoms with Gasteiger partial charge in [0.25, 0.3) is 5.91 Å². The number of nitrogen functional groups attached to an aromatic ring is 1. The number of benzene rings is 2. The minimum absolute atomic E-state index is 0.0685. The lowest BCUT2D eigenvalue weighted by Gasteiger charge is -2.34. The molecule has 150 valence electrons. The fourth-order valence-electron chi connectivity index (χ4n) is 2.96. The van der Waals surface area contributed by atoms with Crippen molar-refractivity contribution in [3.8, 4) is 6.07 Å². The van der Waals surface area contributed by atoms with Crippen molar-refractivity contribution in [1.29, 1.82) is 5.26 Å². The molecule has 0 aromatic heterocycles. The minimum atomic E-state index is -0.555. The highest BCUT2D eigenvalue weighted by Crippen LogP contribution is 2.24. The van der Waals surface area contributed by atoms with Crippen LogP contribution in [0.25, 0.3) is 0 Å². The van der Waals surface area contributed by atoms with E-state index in [1.165, 1.54) is 12.3 Å². The number of hydrogen-bond donors (Lipinski definition) is 3. The molecule has 1 saturated heterocycles. The number of nitrogens with zero attached hydrogens (tertiary/aromatic N) is 3. The number of likely N-dealkylation sites (N-methyl/N-ethyl adjacent to an activating group) is 1. The van der Waals surface area contributed by atoms with E-state index in [4.69, 9.17) is 17.3 Å². The fraction of sp³-hybridized carbons (Fsp3) is 0.238. The van der Waals surface area contributed by atoms with E-state index in [0.717, 1.165) is 37.6 Å². The Kier molecular flexibility index (Phi) is 6.60. The van der Waals surface area contributed by atoms with Gasteiger partial charge in [-0.25, -0.2) is 0 Å². The first kappa shape index (κ1) is 20.5. The summed E-state index contributed by atoms with van der Waals surface area (Å²) < 4.78 is 0. The van der Waals surface area contributed by atoms with Crippen molar-refractivity contribution in [1.82, 2.24) is 4.90 Å². The molecule has 0 radical (unpaired) electrons. The molecule has 1 fully saturated rings. The Hall–Kier alpha value is -3.21. The Balaban J connectivity index is 1.62. The van der Waals surface area contributed by atoms with E-state index in [0.29, 0.717) is 16.4 Å². The highest BCUT2D eigenvalue weighted by molar-refractivity contribution is 6.34. The van der Waals surface area contributed by atoms with Gasteiger partial charge in [-0.05, 0) is 49.5 Å². The van der Waals surface area contributed by atoms with Gasteiger partial charge in [0, 0.05) is 49.4 Å². The van der Waals surface area contributed by atoms with Crippen LogP contribution in [0, 0.1) is 11.3 Å². The maximum atomic E-state index is 12.3. The van der Waals surface area contributed by atoms with Crippen molar-refractivity contribution in [3.63, 3.8) is 0 Å². The first-order chi connectivity index (χ1) is 14.0. The van der Waals surface area contributed by atoms with Gasteiger partial charge in [-0.1, -0.05) is 11.6 Å². The van der Waals surface area contributed by atoms with Crippen LogP contribution in [0.1, 0.15) is 0 Å². The molecule has 8 heteroatoms. The number of carbonyl (C=O) groups excluding carboxylic acids is 1. The average molecular weight is 411 g/mol. The lowest BCUT2D eigenvalue weighted by molar-refractivity contribution is -0.112. The van der Waals surface area contributed by atoms with E-state index in [9.17, 15) is 10.1 Å². The van der Waals surface area contributed by atoms with E-state index in [1.54, 1.807) is 12.1 Å². The molecule has 1 amide bonds. The molecule has 0 bridgehead atoms. The molecule has 4 N–H and O–H groups in total. The van der Waals surface area contributed by atoms with Crippen LogP contribution in [0.2, 0.25) is 5.02 Å². The largest absolute Gasteiger partial charge is 0.399 e. The summed E-state index contributed by atoms with van der Waals surface area (Å²) in [6.07, 6.45) is 1.38. The van der Waals surface area contributed by atoms with Crippen LogP contribution in [0.5, 0.6) is 0 Å². The number of nitrogens with two attached hydrogens (primary N) is 1. The van der Waals surface area contributed by atoms with Crippen molar-refractivity contribution in [2.45, 2.75) is 0 Å². The second-order valence-corrected chi connectivity index (χ2v) is 7.25. The Morgan fingerprint density at radius 2 is 1.86 bits per heavy atom. The Labute approximate surface area is 175 Å². The summed E-state index contributed by atoms with van der Waals surface area (Å²) in [7, 11) is 2.13. The van der Waals surface area contributed by atoms with Gasteiger partial charge >= 0.3 is 0 Å². The number of nitrogens with one attached hydrogen (secondary N) is 2. The second kappa shape index (κ2) is 9.32. The maximum Gasteiger partial charge on any atom is 0.267 e. The molecule has 0 saturated carbocycles. The monoisotopic (exact) mass is 410 g/mol. The molecular formula is C21H23ClN6O. The first-order valence-corrected chi connectivity index (χ1v) is 9.61. The summed E-state index contributed by atoms with van der Waals surface area (Å²) in [6.45, 7) is 4.08. The van der Waals surface area contributed by atoms with Crippen LogP contribution in [0.15, 0.2) is 54.2 Å². The minimum Gasteiger partial charge on any atom is -0.399 e. The van der Waals surface area contributed by atoms with Crippen molar-refractivity contribution >= 4 is 40.3 Å². The normalized spacial score (nSPS) is 14.9. The van der Waals surface area contributed by atoms with E-state index in [2.05, 4.69) is 27.5 Å². The van der Waals surface area contributed by atoms with Crippen LogP contribution in [-0.2, 0) is 4.79 Å². The molecular weight excluding hydrogens is 388 g/mol. The Morgan fingerprint density at radius 1 is 1.17 bits per heavy atom. The zero-order valence-electron chi connectivity index (χ0n) is 16.2. The van der Waals surface area contributed by atoms with Gasteiger partial charge in [0.1, 0.15) is 11.6 Å². The molecule has 7 nitrogen and oxygen atoms in total. The Morgan fingerprint density at radius 3 is 2.48 bits per heavy atom. The van der Waals surface area contributed by atoms with Gasteiger partial charge in [-0.2, -0.15) is 5.26 Å². The smallest absolute Gasteiger partial charge is 0.267 e. The molecule has 0 unspecified atom stereocenters. The maximum absolute atomic E-state index is 12.3. The summed E-state index contributed by atoms with van der Waals surface area (Å²) in [5, 5.41) is 15.2. The molecule has 0 spiro atoms. The summed E-state index contributed by atoms with van der Waals surface area (Å²) in [6, 6.07) is 14.6. The molecule has 2 aromatic rings. The number of anilines is 4. The molecule has 1 heterocycles. The lowest BCUT2D eigenvalue weighted by atomic mass is 10.2. The lowest BCUT2D eigenvalue weighted by Crippen LogP contribution is -2.44. The van der Waals surface area contributed by atoms with Crippen molar-refractivity contribution in [3.05, 3.63) is 59.3 Å². The third-order valence-corrected chi connectivity index (χ3v) is 5.04. The highest BCUT2D eigenvalue weighted by atomic mass is 35.5. The van der Waals surface area contributed by atoms with Crippen LogP contribution >= 0.6 is 11.6 Å². The average Bonchev–Trinajstić information content (AvgIpc) is 2.72. The summed E-state index contributed by atoms with van der Waals surface area (Å²) in [4.78, 5) is 17.0. The third kappa shape index (κ3) is 5.41. The van der Waals surface area contributed by atoms with E-state index < -0.39 is 5.91 Å². The van der Waals surface area contributed by atoms with Gasteiger partial charge in [0.05, 0.1) is 10.7 Å². The van der Waals surface area contributed by atoms with Crippen LogP contribution in [0.4, 0.5) is 22.7 Å². The Bertz CT molecular complexity index is 943. The second-order valence-electron chi connectivity index (χ2n) is 6.84. The van der Waals surface area contributed by atoms with Crippen LogP contribution in [0.3, 0.4) is 0 Å². The number of hydrogen-bond acceptors (Lipinski definition) is 6. The van der Waals surface area contributed by atoms with E-state index in [-0.39, 0.29) is 5.57 Å². The zero-order valence-corrected chi connectivity index (χ0v) is 16.9. The molecule has 0 aliphatic carbocycles. The van der Waals surface area contributed by atoms with Crippen LogP contribution in [-0.4, -0.2) is 44.0 Å². The van der Waals surface area contributed by atoms with Gasteiger partial charge in [-0.3, -0.25) is 4.79 Å². The predicted octanol–water partition coefficient (Wildman–Crippen LogP) is 3.13. The van der Waals surface area contributed by atoms with Gasteiger partial charge in [-0.15, -0.1) is 0 Å². The van der Waals surface area contributed by atoms with Crippen molar-refractivity contribution in [2.75, 3.05) is 54.5 Å². The summed E-state index contributed by atoms with van der Waals surface area (Å²) >= 11 is 6.06. The molecule has 3 rings (SSSR count). The number of piperazine rings is 1. The van der Waals surface area contributed by atoms with E-state index >= 15 is 0 Å². The zero-order chi connectivity index (χ0) is 20.8. The quantitative estimate of drug-likeness (QED) is 0.398. The van der Waals surface area contributed by atoms with E-state index in [1.807, 2.05) is 30.3 Å². The predicted molar refractivity (Wildman–Crippen MR) is 118 cm³/mol. The number of amides is 1. The summed E-state index contributed by atoms with van der Waals surface area (Å²) in [5.41, 5.74) is 8.40. The fourth-order valence-corrected chi connectivity index (χ4v) is 3.20. The number of carbonyl (C=O) groups is 1. The van der Waals surface area contributed by atoms with Gasteiger partial charge in [0.15, 0.2) is 0 Å². The molecule has 29 heavy (non-hydrogen) atoms. The first-order valence-electron chi connectivity index (χ1n) is 9.23. The third-order valence-electron chi connectivity index (χ3n) is 4.73. The highest BCUT2D eigenvalue weighted by Gasteiger charge is 2.14. The molecule has 1 aliphatic rings. The van der Waals surface area contributed by atoms with Gasteiger partial charge in [0.2, 0.25) is 0 Å². The topological polar surface area (TPSA) is 97.4 Å². The van der Waals surface area contributed by atoms with Gasteiger partial charge < -0.3 is 26.2 Å². The van der Waals surface area contributed by atoms with Crippen LogP contribution < -0.4 is 21.3 Å². The number of halogens is 1.